The zero-order valence-corrected chi connectivity index (χ0v) is 12.1. The Morgan fingerprint density at radius 1 is 1.33 bits per heavy atom. The van der Waals surface area contributed by atoms with Crippen LogP contribution in [0.2, 0.25) is 0 Å². The molecule has 3 rings (SSSR count). The Morgan fingerprint density at radius 2 is 1.95 bits per heavy atom. The van der Waals surface area contributed by atoms with E-state index in [4.69, 9.17) is 0 Å². The number of rotatable bonds is 2. The van der Waals surface area contributed by atoms with Gasteiger partial charge in [0, 0.05) is 6.20 Å². The lowest BCUT2D eigenvalue weighted by atomic mass is 10.1. The van der Waals surface area contributed by atoms with Crippen LogP contribution in [0.25, 0.3) is 11.0 Å². The fourth-order valence-electron chi connectivity index (χ4n) is 2.31. The molecule has 0 aromatic carbocycles. The van der Waals surface area contributed by atoms with Gasteiger partial charge in [-0.2, -0.15) is 17.6 Å². The van der Waals surface area contributed by atoms with Crippen LogP contribution in [0.3, 0.4) is 0 Å². The van der Waals surface area contributed by atoms with E-state index in [-0.39, 0.29) is 11.0 Å². The molecular formula is C14H17F4N3. The van der Waals surface area contributed by atoms with Crippen LogP contribution in [0.15, 0.2) is 12.3 Å². The Morgan fingerprint density at radius 3 is 2.48 bits per heavy atom. The maximum Gasteiger partial charge on any atom is 0.408 e. The van der Waals surface area contributed by atoms with Crippen molar-refractivity contribution in [3.8, 4) is 0 Å². The van der Waals surface area contributed by atoms with Crippen molar-refractivity contribution in [1.29, 1.82) is 0 Å². The molecule has 2 aromatic rings. The molecule has 0 unspecified atom stereocenters. The molecule has 1 aliphatic carbocycles. The van der Waals surface area contributed by atoms with Gasteiger partial charge in [-0.3, -0.25) is 4.68 Å². The van der Waals surface area contributed by atoms with Gasteiger partial charge in [0.1, 0.15) is 12.1 Å². The van der Waals surface area contributed by atoms with Crippen LogP contribution in [0.4, 0.5) is 17.6 Å². The van der Waals surface area contributed by atoms with E-state index < -0.39 is 18.7 Å². The van der Waals surface area contributed by atoms with E-state index in [9.17, 15) is 17.6 Å². The molecule has 2 aromatic heterocycles. The molecule has 7 heteroatoms. The second kappa shape index (κ2) is 5.61. The van der Waals surface area contributed by atoms with Crippen LogP contribution >= 0.6 is 0 Å². The van der Waals surface area contributed by atoms with Gasteiger partial charge >= 0.3 is 6.18 Å². The third kappa shape index (κ3) is 3.33. The lowest BCUT2D eigenvalue weighted by molar-refractivity contribution is -0.142. The van der Waals surface area contributed by atoms with E-state index in [1.807, 2.05) is 13.8 Å². The molecular weight excluding hydrogens is 286 g/mol. The van der Waals surface area contributed by atoms with E-state index in [1.54, 1.807) is 6.07 Å². The number of hydrogen-bond donors (Lipinski definition) is 0. The largest absolute Gasteiger partial charge is 0.408 e. The summed E-state index contributed by atoms with van der Waals surface area (Å²) in [4.78, 5) is 3.90. The first kappa shape index (κ1) is 15.7. The number of pyridine rings is 1. The van der Waals surface area contributed by atoms with Gasteiger partial charge in [0.25, 0.3) is 5.95 Å². The molecule has 2 atom stereocenters. The van der Waals surface area contributed by atoms with E-state index in [2.05, 4.69) is 17.0 Å². The zero-order valence-electron chi connectivity index (χ0n) is 12.1. The van der Waals surface area contributed by atoms with Gasteiger partial charge in [0.15, 0.2) is 0 Å². The van der Waals surface area contributed by atoms with Crippen molar-refractivity contribution in [2.24, 2.45) is 5.92 Å². The monoisotopic (exact) mass is 303 g/mol. The first-order chi connectivity index (χ1) is 9.85. The van der Waals surface area contributed by atoms with Crippen molar-refractivity contribution in [3.05, 3.63) is 23.8 Å². The van der Waals surface area contributed by atoms with Gasteiger partial charge < -0.3 is 0 Å². The van der Waals surface area contributed by atoms with Gasteiger partial charge in [-0.1, -0.05) is 20.8 Å². The molecule has 21 heavy (non-hydrogen) atoms. The maximum atomic E-state index is 13.4. The van der Waals surface area contributed by atoms with E-state index >= 15 is 0 Å². The van der Waals surface area contributed by atoms with Crippen molar-refractivity contribution in [2.45, 2.75) is 45.8 Å². The van der Waals surface area contributed by atoms with Crippen molar-refractivity contribution in [2.75, 3.05) is 0 Å². The molecule has 0 aliphatic heterocycles. The average Bonchev–Trinajstić information content (AvgIpc) is 3.07. The lowest BCUT2D eigenvalue weighted by Crippen LogP contribution is -2.18. The predicted octanol–water partition coefficient (Wildman–Crippen LogP) is 4.28. The standard InChI is InChI=1S/C12H11F4N3.C2H6/c1-6-2-8(6)7-3-9-10(17-4-7)11(13)18-19(9)5-12(14,15)16;1-2/h3-4,6,8H,2,5H2,1H3;1-2H3/t6-,8-;/m0./s1. The summed E-state index contributed by atoms with van der Waals surface area (Å²) >= 11 is 0. The van der Waals surface area contributed by atoms with Crippen LogP contribution < -0.4 is 0 Å². The van der Waals surface area contributed by atoms with Crippen LogP contribution in [-0.4, -0.2) is 20.9 Å². The molecule has 0 N–H and O–H groups in total. The summed E-state index contributed by atoms with van der Waals surface area (Å²) in [5.74, 6) is -0.146. The zero-order chi connectivity index (χ0) is 15.8. The minimum Gasteiger partial charge on any atom is -0.251 e. The highest BCUT2D eigenvalue weighted by molar-refractivity contribution is 5.75. The molecule has 0 radical (unpaired) electrons. The summed E-state index contributed by atoms with van der Waals surface area (Å²) in [6.45, 7) is 4.75. The molecule has 2 heterocycles. The average molecular weight is 303 g/mol. The van der Waals surface area contributed by atoms with Gasteiger partial charge in [0.2, 0.25) is 0 Å². The summed E-state index contributed by atoms with van der Waals surface area (Å²) in [5.41, 5.74) is 0.844. The summed E-state index contributed by atoms with van der Waals surface area (Å²) < 4.78 is 51.3. The number of fused-ring (bicyclic) bond motifs is 1. The SMILES string of the molecule is CC.C[C@H]1C[C@@H]1c1cnc2c(F)nn(CC(F)(F)F)c2c1. The maximum absolute atomic E-state index is 13.4. The topological polar surface area (TPSA) is 30.7 Å². The second-order valence-corrected chi connectivity index (χ2v) is 5.02. The van der Waals surface area contributed by atoms with Gasteiger partial charge in [-0.05, 0) is 29.9 Å². The summed E-state index contributed by atoms with van der Waals surface area (Å²) in [6.07, 6.45) is -1.92. The van der Waals surface area contributed by atoms with E-state index in [1.165, 1.54) is 6.20 Å². The van der Waals surface area contributed by atoms with Crippen molar-refractivity contribution >= 4 is 11.0 Å². The predicted molar refractivity (Wildman–Crippen MR) is 71.4 cm³/mol. The molecule has 1 fully saturated rings. The fraction of sp³-hybridized carbons (Fsp3) is 0.571. The summed E-state index contributed by atoms with van der Waals surface area (Å²) in [5, 5.41) is 3.28. The number of halogens is 4. The van der Waals surface area contributed by atoms with Gasteiger partial charge in [-0.15, -0.1) is 5.10 Å². The molecule has 116 valence electrons. The fourth-order valence-corrected chi connectivity index (χ4v) is 2.31. The minimum absolute atomic E-state index is 0.103. The Hall–Kier alpha value is -1.66. The number of nitrogens with zero attached hydrogens (tertiary/aromatic N) is 3. The van der Waals surface area contributed by atoms with Crippen molar-refractivity contribution < 1.29 is 17.6 Å². The molecule has 3 nitrogen and oxygen atoms in total. The highest BCUT2D eigenvalue weighted by Gasteiger charge is 2.35. The van der Waals surface area contributed by atoms with Gasteiger partial charge in [0.05, 0.1) is 5.52 Å². The highest BCUT2D eigenvalue weighted by atomic mass is 19.4. The van der Waals surface area contributed by atoms with Crippen molar-refractivity contribution in [3.63, 3.8) is 0 Å². The van der Waals surface area contributed by atoms with Crippen LogP contribution in [0, 0.1) is 11.9 Å². The number of aromatic nitrogens is 3. The normalized spacial score (nSPS) is 21.1. The second-order valence-electron chi connectivity index (χ2n) is 5.02. The Bertz CT molecular complexity index is 633. The number of hydrogen-bond acceptors (Lipinski definition) is 2. The Labute approximate surface area is 120 Å². The summed E-state index contributed by atoms with van der Waals surface area (Å²) in [7, 11) is 0. The molecule has 1 saturated carbocycles. The molecule has 0 spiro atoms. The summed E-state index contributed by atoms with van der Waals surface area (Å²) in [6, 6.07) is 1.57. The smallest absolute Gasteiger partial charge is 0.251 e. The number of alkyl halides is 3. The van der Waals surface area contributed by atoms with E-state index in [0.717, 1.165) is 12.0 Å². The van der Waals surface area contributed by atoms with E-state index in [0.29, 0.717) is 16.5 Å². The molecule has 0 saturated heterocycles. The highest BCUT2D eigenvalue weighted by Crippen LogP contribution is 2.47. The molecule has 1 aliphatic rings. The first-order valence-electron chi connectivity index (χ1n) is 6.94. The van der Waals surface area contributed by atoms with Crippen LogP contribution in [-0.2, 0) is 6.54 Å². The third-order valence-electron chi connectivity index (χ3n) is 3.44. The third-order valence-corrected chi connectivity index (χ3v) is 3.44. The Balaban J connectivity index is 0.000000774. The molecule has 0 amide bonds. The lowest BCUT2D eigenvalue weighted by Gasteiger charge is -2.07. The molecule has 0 bridgehead atoms. The quantitative estimate of drug-likeness (QED) is 0.775. The Kier molecular flexibility index (Phi) is 4.20. The van der Waals surface area contributed by atoms with Crippen LogP contribution in [0.1, 0.15) is 38.7 Å². The van der Waals surface area contributed by atoms with Gasteiger partial charge in [-0.25, -0.2) is 4.98 Å². The van der Waals surface area contributed by atoms with Crippen molar-refractivity contribution in [1.82, 2.24) is 14.8 Å². The van der Waals surface area contributed by atoms with Crippen LogP contribution in [0.5, 0.6) is 0 Å². The first-order valence-corrected chi connectivity index (χ1v) is 6.94. The minimum atomic E-state index is -4.44.